The summed E-state index contributed by atoms with van der Waals surface area (Å²) < 4.78 is 75.7. The van der Waals surface area contributed by atoms with E-state index in [0.29, 0.717) is 51.3 Å². The molecular formula is C28H33F3N4O4S2. The number of hydrogen-bond donors (Lipinski definition) is 2. The van der Waals surface area contributed by atoms with Crippen molar-refractivity contribution in [3.63, 3.8) is 0 Å². The highest BCUT2D eigenvalue weighted by Gasteiger charge is 2.38. The van der Waals surface area contributed by atoms with E-state index < -0.39 is 38.4 Å². The lowest BCUT2D eigenvalue weighted by molar-refractivity contribution is -0.142. The molecule has 1 amide bonds. The number of hydrogen-bond acceptors (Lipinski definition) is 8. The van der Waals surface area contributed by atoms with E-state index in [0.717, 1.165) is 29.9 Å². The number of benzene rings is 2. The molecule has 13 heteroatoms. The molecule has 0 aliphatic carbocycles. The van der Waals surface area contributed by atoms with Crippen LogP contribution in [0.1, 0.15) is 44.6 Å². The van der Waals surface area contributed by atoms with Crippen molar-refractivity contribution in [2.45, 2.75) is 66.6 Å². The summed E-state index contributed by atoms with van der Waals surface area (Å²) in [5.74, 6) is -1.78. The molecule has 4 rings (SSSR count). The molecule has 0 spiro atoms. The van der Waals surface area contributed by atoms with Crippen molar-refractivity contribution in [3.05, 3.63) is 53.6 Å². The highest BCUT2D eigenvalue weighted by Crippen LogP contribution is 2.29. The lowest BCUT2D eigenvalue weighted by atomic mass is 9.99. The maximum absolute atomic E-state index is 15.4. The molecule has 2 saturated heterocycles. The molecule has 0 radical (unpaired) electrons. The predicted octanol–water partition coefficient (Wildman–Crippen LogP) is 4.61. The van der Waals surface area contributed by atoms with Gasteiger partial charge in [-0.15, -0.1) is 11.8 Å². The average molecular weight is 611 g/mol. The molecule has 2 heterocycles. The highest BCUT2D eigenvalue weighted by atomic mass is 32.2. The van der Waals surface area contributed by atoms with E-state index in [1.807, 2.05) is 15.7 Å². The molecule has 2 aromatic carbocycles. The third-order valence-electron chi connectivity index (χ3n) is 7.24. The summed E-state index contributed by atoms with van der Waals surface area (Å²) in [5, 5.41) is 12.8. The Morgan fingerprint density at radius 1 is 1.22 bits per heavy atom. The molecule has 8 nitrogen and oxygen atoms in total. The molecule has 0 bridgehead atoms. The van der Waals surface area contributed by atoms with Gasteiger partial charge in [-0.3, -0.25) is 9.69 Å². The second kappa shape index (κ2) is 13.5. The number of sulfonamides is 1. The summed E-state index contributed by atoms with van der Waals surface area (Å²) in [6.45, 7) is 3.01. The second-order valence-corrected chi connectivity index (χ2v) is 13.3. The smallest absolute Gasteiger partial charge is 0.265 e. The van der Waals surface area contributed by atoms with Crippen LogP contribution in [-0.4, -0.2) is 69.0 Å². The third kappa shape index (κ3) is 8.16. The molecule has 2 N–H and O–H groups in total. The lowest BCUT2D eigenvalue weighted by Crippen LogP contribution is -2.49. The van der Waals surface area contributed by atoms with Crippen LogP contribution in [0.3, 0.4) is 0 Å². The van der Waals surface area contributed by atoms with Crippen LogP contribution in [0.25, 0.3) is 0 Å². The molecule has 0 aromatic heterocycles. The minimum absolute atomic E-state index is 0.173. The number of alkyl halides is 1. The van der Waals surface area contributed by atoms with E-state index in [1.54, 1.807) is 12.1 Å². The third-order valence-corrected chi connectivity index (χ3v) is 9.73. The van der Waals surface area contributed by atoms with Gasteiger partial charge < -0.3 is 10.1 Å². The maximum atomic E-state index is 15.4. The van der Waals surface area contributed by atoms with Crippen LogP contribution in [0.2, 0.25) is 0 Å². The monoisotopic (exact) mass is 610 g/mol. The van der Waals surface area contributed by atoms with Crippen molar-refractivity contribution >= 4 is 33.4 Å². The van der Waals surface area contributed by atoms with Crippen molar-refractivity contribution in [3.8, 4) is 6.07 Å². The van der Waals surface area contributed by atoms with Crippen molar-refractivity contribution in [2.75, 3.05) is 37.3 Å². The van der Waals surface area contributed by atoms with Gasteiger partial charge in [-0.1, -0.05) is 6.42 Å². The summed E-state index contributed by atoms with van der Waals surface area (Å²) in [5.41, 5.74) is -1.76. The Hall–Kier alpha value is -2.79. The van der Waals surface area contributed by atoms with Crippen LogP contribution in [-0.2, 0) is 19.6 Å². The van der Waals surface area contributed by atoms with Gasteiger partial charge >= 0.3 is 0 Å². The number of amides is 1. The number of carbonyl (C=O) groups excluding carboxylic acids is 1. The molecule has 222 valence electrons. The van der Waals surface area contributed by atoms with Gasteiger partial charge in [-0.2, -0.15) is 5.26 Å². The van der Waals surface area contributed by atoms with E-state index in [-0.39, 0.29) is 23.1 Å². The predicted molar refractivity (Wildman–Crippen MR) is 150 cm³/mol. The SMILES string of the molecule is C[C@@]1(C(=O)NS(=O)(=O)c2cc(F)c(N[C@H](CCN3CC(F)C3)CSc3ccc(F)cc3)c(C#N)c2)CCCCCO1. The van der Waals surface area contributed by atoms with E-state index >= 15 is 4.39 Å². The number of ether oxygens (including phenoxy) is 1. The fraction of sp³-hybridized carbons (Fsp3) is 0.500. The summed E-state index contributed by atoms with van der Waals surface area (Å²) in [7, 11) is -4.51. The number of halogens is 3. The molecule has 41 heavy (non-hydrogen) atoms. The molecule has 2 atom stereocenters. The Morgan fingerprint density at radius 2 is 1.95 bits per heavy atom. The highest BCUT2D eigenvalue weighted by molar-refractivity contribution is 7.99. The van der Waals surface area contributed by atoms with Crippen molar-refractivity contribution < 1.29 is 31.1 Å². The van der Waals surface area contributed by atoms with Crippen LogP contribution >= 0.6 is 11.8 Å². The standard InChI is InChI=1S/C28H33F3N4O4S2/c1-28(10-3-2-4-12-39-28)27(36)34-41(37,38)24-13-19(15-32)26(25(31)14-24)33-22(9-11-35-16-21(30)17-35)18-40-23-7-5-20(29)6-8-23/h5-8,13-14,21-22,33H,2-4,9-12,16-18H2,1H3,(H,34,36)/t22-,28+/m1/s1. The van der Waals surface area contributed by atoms with Gasteiger partial charge in [0.1, 0.15) is 29.5 Å². The first-order valence-corrected chi connectivity index (χ1v) is 15.9. The fourth-order valence-corrected chi connectivity index (χ4v) is 6.79. The van der Waals surface area contributed by atoms with E-state index in [1.165, 1.54) is 30.8 Å². The quantitative estimate of drug-likeness (QED) is 0.355. The maximum Gasteiger partial charge on any atom is 0.265 e. The van der Waals surface area contributed by atoms with Crippen molar-refractivity contribution in [2.24, 2.45) is 0 Å². The molecule has 2 aliphatic rings. The fourth-order valence-electron chi connectivity index (χ4n) is 4.71. The van der Waals surface area contributed by atoms with Gasteiger partial charge in [0.2, 0.25) is 0 Å². The van der Waals surface area contributed by atoms with Crippen molar-refractivity contribution in [1.29, 1.82) is 5.26 Å². The topological polar surface area (TPSA) is 112 Å². The van der Waals surface area contributed by atoms with Gasteiger partial charge in [0.05, 0.1) is 16.1 Å². The Labute approximate surface area is 242 Å². The number of thioether (sulfide) groups is 1. The van der Waals surface area contributed by atoms with Crippen LogP contribution < -0.4 is 10.0 Å². The number of carbonyl (C=O) groups is 1. The first-order chi connectivity index (χ1) is 19.5. The van der Waals surface area contributed by atoms with E-state index in [4.69, 9.17) is 4.74 Å². The zero-order valence-electron chi connectivity index (χ0n) is 22.7. The van der Waals surface area contributed by atoms with Crippen LogP contribution in [0, 0.1) is 23.0 Å². The zero-order valence-corrected chi connectivity index (χ0v) is 24.3. The zero-order chi connectivity index (χ0) is 29.6. The van der Waals surface area contributed by atoms with Crippen molar-refractivity contribution in [1.82, 2.24) is 9.62 Å². The summed E-state index contributed by atoms with van der Waals surface area (Å²) >= 11 is 1.40. The molecule has 2 fully saturated rings. The van der Waals surface area contributed by atoms with Crippen LogP contribution in [0.5, 0.6) is 0 Å². The number of likely N-dealkylation sites (tertiary alicyclic amines) is 1. The molecule has 0 saturated carbocycles. The summed E-state index contributed by atoms with van der Waals surface area (Å²) in [4.78, 5) is 15.0. The Kier molecular flexibility index (Phi) is 10.2. The number of rotatable bonds is 11. The Balaban J connectivity index is 1.51. The number of nitriles is 1. The van der Waals surface area contributed by atoms with Crippen LogP contribution in [0.4, 0.5) is 18.9 Å². The van der Waals surface area contributed by atoms with Crippen LogP contribution in [0.15, 0.2) is 46.2 Å². The first-order valence-electron chi connectivity index (χ1n) is 13.5. The minimum Gasteiger partial charge on any atom is -0.378 e. The minimum atomic E-state index is -4.51. The summed E-state index contributed by atoms with van der Waals surface area (Å²) in [6.07, 6.45) is 2.28. The molecule has 0 unspecified atom stereocenters. The molecule has 2 aromatic rings. The number of nitrogens with one attached hydrogen (secondary N) is 2. The first kappa shape index (κ1) is 31.2. The average Bonchev–Trinajstić information content (AvgIpc) is 3.15. The van der Waals surface area contributed by atoms with Gasteiger partial charge in [0, 0.05) is 42.9 Å². The molecule has 2 aliphatic heterocycles. The summed E-state index contributed by atoms with van der Waals surface area (Å²) in [6, 6.07) is 9.15. The largest absolute Gasteiger partial charge is 0.378 e. The van der Waals surface area contributed by atoms with Gasteiger partial charge in [-0.25, -0.2) is 26.3 Å². The molecular weight excluding hydrogens is 577 g/mol. The van der Waals surface area contributed by atoms with E-state index in [2.05, 4.69) is 5.32 Å². The number of anilines is 1. The Bertz CT molecular complexity index is 1370. The normalized spacial score (nSPS) is 20.9. The van der Waals surface area contributed by atoms with E-state index in [9.17, 15) is 27.3 Å². The van der Waals surface area contributed by atoms with Gasteiger partial charge in [0.15, 0.2) is 0 Å². The second-order valence-electron chi connectivity index (χ2n) is 10.5. The van der Waals surface area contributed by atoms with Gasteiger partial charge in [-0.05, 0) is 69.0 Å². The van der Waals surface area contributed by atoms with Gasteiger partial charge in [0.25, 0.3) is 15.9 Å². The number of nitrogens with zero attached hydrogens (tertiary/aromatic N) is 2. The Morgan fingerprint density at radius 3 is 2.63 bits per heavy atom. The lowest BCUT2D eigenvalue weighted by Gasteiger charge is -2.35.